The van der Waals surface area contributed by atoms with Gasteiger partial charge in [0.15, 0.2) is 15.5 Å². The molecule has 2 aromatic carbocycles. The summed E-state index contributed by atoms with van der Waals surface area (Å²) >= 11 is 0. The van der Waals surface area contributed by atoms with Gasteiger partial charge in [0.1, 0.15) is 5.69 Å². The summed E-state index contributed by atoms with van der Waals surface area (Å²) < 4.78 is 25.2. The van der Waals surface area contributed by atoms with Crippen LogP contribution in [0.1, 0.15) is 56.6 Å². The molecule has 4 aromatic rings. The maximum Gasteiger partial charge on any atom is 0.181 e. The van der Waals surface area contributed by atoms with Crippen LogP contribution in [-0.4, -0.2) is 63.6 Å². The fraction of sp³-hybridized carbons (Fsp3) is 0.438. The Kier molecular flexibility index (Phi) is 6.33. The Hall–Kier alpha value is -3.07. The van der Waals surface area contributed by atoms with Crippen molar-refractivity contribution < 1.29 is 13.5 Å². The molecule has 7 nitrogen and oxygen atoms in total. The Morgan fingerprint density at radius 1 is 0.975 bits per heavy atom. The summed E-state index contributed by atoms with van der Waals surface area (Å²) in [6, 6.07) is 16.3. The molecular weight excluding hydrogens is 520 g/mol. The summed E-state index contributed by atoms with van der Waals surface area (Å²) in [5, 5.41) is 18.2. The van der Waals surface area contributed by atoms with Gasteiger partial charge in [0.2, 0.25) is 0 Å². The molecular formula is C32H36N4O3S. The minimum absolute atomic E-state index is 0.114. The second kappa shape index (κ2) is 9.79. The molecule has 8 heteroatoms. The van der Waals surface area contributed by atoms with E-state index in [-0.39, 0.29) is 17.4 Å². The Bertz CT molecular complexity index is 1680. The number of pyridine rings is 1. The Balaban J connectivity index is 1.16. The van der Waals surface area contributed by atoms with Crippen molar-refractivity contribution in [1.29, 1.82) is 0 Å². The van der Waals surface area contributed by atoms with Gasteiger partial charge in [0, 0.05) is 34.3 Å². The van der Waals surface area contributed by atoms with Crippen molar-refractivity contribution in [3.8, 4) is 22.4 Å². The molecule has 2 atom stereocenters. The number of fused-ring (bicyclic) bond motifs is 2. The van der Waals surface area contributed by atoms with Crippen LogP contribution in [-0.2, 0) is 22.7 Å². The van der Waals surface area contributed by atoms with E-state index in [2.05, 4.69) is 51.3 Å². The Morgan fingerprint density at radius 2 is 1.73 bits per heavy atom. The van der Waals surface area contributed by atoms with Gasteiger partial charge < -0.3 is 5.11 Å². The van der Waals surface area contributed by atoms with Crippen molar-refractivity contribution in [2.45, 2.75) is 80.0 Å². The van der Waals surface area contributed by atoms with Crippen molar-refractivity contribution in [2.75, 3.05) is 13.2 Å². The molecule has 0 radical (unpaired) electrons. The number of benzene rings is 2. The van der Waals surface area contributed by atoms with E-state index in [1.807, 2.05) is 18.3 Å². The molecule has 1 aliphatic heterocycles. The molecule has 208 valence electrons. The van der Waals surface area contributed by atoms with Crippen molar-refractivity contribution in [3.05, 3.63) is 65.9 Å². The molecule has 7 rings (SSSR count). The van der Waals surface area contributed by atoms with Crippen molar-refractivity contribution in [2.24, 2.45) is 0 Å². The second-order valence-corrected chi connectivity index (χ2v) is 14.3. The summed E-state index contributed by atoms with van der Waals surface area (Å²) in [7, 11) is -3.22. The summed E-state index contributed by atoms with van der Waals surface area (Å²) in [5.74, 6) is 0. The van der Waals surface area contributed by atoms with Crippen LogP contribution < -0.4 is 0 Å². The number of nitrogens with one attached hydrogen (secondary N) is 1. The average molecular weight is 557 g/mol. The highest BCUT2D eigenvalue weighted by molar-refractivity contribution is 7.92. The molecule has 0 amide bonds. The van der Waals surface area contributed by atoms with Gasteiger partial charge in [0.05, 0.1) is 16.8 Å². The third-order valence-corrected chi connectivity index (χ3v) is 11.8. The van der Waals surface area contributed by atoms with Gasteiger partial charge >= 0.3 is 0 Å². The number of hydrogen-bond acceptors (Lipinski definition) is 6. The maximum absolute atomic E-state index is 12.6. The lowest BCUT2D eigenvalue weighted by Gasteiger charge is -2.42. The quantitative estimate of drug-likeness (QED) is 0.312. The van der Waals surface area contributed by atoms with E-state index in [0.717, 1.165) is 79.3 Å². The van der Waals surface area contributed by atoms with Crippen molar-refractivity contribution in [1.82, 2.24) is 20.1 Å². The first-order valence-corrected chi connectivity index (χ1v) is 16.1. The lowest BCUT2D eigenvalue weighted by Crippen LogP contribution is -2.50. The van der Waals surface area contributed by atoms with Crippen LogP contribution in [0, 0.1) is 0 Å². The summed E-state index contributed by atoms with van der Waals surface area (Å²) in [6.07, 6.45) is 9.96. The highest BCUT2D eigenvalue weighted by Crippen LogP contribution is 2.39. The molecule has 3 aliphatic rings. The fourth-order valence-corrected chi connectivity index (χ4v) is 8.55. The van der Waals surface area contributed by atoms with Gasteiger partial charge in [0.25, 0.3) is 0 Å². The van der Waals surface area contributed by atoms with Crippen LogP contribution in [0.2, 0.25) is 0 Å². The van der Waals surface area contributed by atoms with Crippen molar-refractivity contribution >= 4 is 20.9 Å². The Labute approximate surface area is 235 Å². The van der Waals surface area contributed by atoms with Gasteiger partial charge in [-0.05, 0) is 99.7 Å². The SMILES string of the molecule is CC1(N2CCC[C@@H]2CO)CCc2ccc(-c3cnc4[nH]nc(-c5ccc(S(=O)(=O)C6CC6)cc5)c4c3)cc2CC1. The molecule has 0 bridgehead atoms. The number of aromatic amines is 1. The van der Waals surface area contributed by atoms with Gasteiger partial charge in [-0.15, -0.1) is 0 Å². The van der Waals surface area contributed by atoms with Gasteiger partial charge in [-0.2, -0.15) is 5.10 Å². The number of hydrogen-bond donors (Lipinski definition) is 2. The van der Waals surface area contributed by atoms with Crippen LogP contribution >= 0.6 is 0 Å². The number of likely N-dealkylation sites (tertiary alicyclic amines) is 1. The van der Waals surface area contributed by atoms with E-state index in [1.165, 1.54) is 17.5 Å². The number of sulfone groups is 1. The van der Waals surface area contributed by atoms with Crippen LogP contribution in [0.3, 0.4) is 0 Å². The molecule has 2 fully saturated rings. The second-order valence-electron chi connectivity index (χ2n) is 12.1. The number of aliphatic hydroxyl groups excluding tert-OH is 1. The zero-order valence-electron chi connectivity index (χ0n) is 22.9. The largest absolute Gasteiger partial charge is 0.395 e. The predicted octanol–water partition coefficient (Wildman–Crippen LogP) is 5.32. The zero-order valence-corrected chi connectivity index (χ0v) is 23.8. The highest BCUT2D eigenvalue weighted by Gasteiger charge is 2.40. The molecule has 1 unspecified atom stereocenters. The molecule has 1 saturated carbocycles. The van der Waals surface area contributed by atoms with E-state index in [4.69, 9.17) is 0 Å². The van der Waals surface area contributed by atoms with Crippen LogP contribution in [0.5, 0.6) is 0 Å². The van der Waals surface area contributed by atoms with E-state index in [1.54, 1.807) is 12.1 Å². The summed E-state index contributed by atoms with van der Waals surface area (Å²) in [4.78, 5) is 7.63. The molecule has 40 heavy (non-hydrogen) atoms. The van der Waals surface area contributed by atoms with E-state index < -0.39 is 9.84 Å². The average Bonchev–Trinajstić information content (AvgIpc) is 3.63. The lowest BCUT2D eigenvalue weighted by atomic mass is 9.89. The number of H-pyrrole nitrogens is 1. The third kappa shape index (κ3) is 4.46. The topological polar surface area (TPSA) is 99.2 Å². The smallest absolute Gasteiger partial charge is 0.181 e. The molecule has 0 spiro atoms. The lowest BCUT2D eigenvalue weighted by molar-refractivity contribution is 0.0468. The number of aromatic nitrogens is 3. The van der Waals surface area contributed by atoms with E-state index in [9.17, 15) is 13.5 Å². The highest BCUT2D eigenvalue weighted by atomic mass is 32.2. The fourth-order valence-electron chi connectivity index (χ4n) is 6.89. The first-order chi connectivity index (χ1) is 19.4. The van der Waals surface area contributed by atoms with Gasteiger partial charge in [-0.1, -0.05) is 30.3 Å². The Morgan fingerprint density at radius 3 is 2.48 bits per heavy atom. The van der Waals surface area contributed by atoms with E-state index in [0.29, 0.717) is 16.6 Å². The van der Waals surface area contributed by atoms with Gasteiger partial charge in [-0.3, -0.25) is 10.00 Å². The molecule has 2 aromatic heterocycles. The number of nitrogens with zero attached hydrogens (tertiary/aromatic N) is 3. The number of aliphatic hydroxyl groups is 1. The normalized spacial score (nSPS) is 23.8. The minimum atomic E-state index is -3.22. The number of rotatable bonds is 6. The first-order valence-electron chi connectivity index (χ1n) is 14.5. The zero-order chi connectivity index (χ0) is 27.5. The summed E-state index contributed by atoms with van der Waals surface area (Å²) in [5.41, 5.74) is 7.47. The molecule has 1 saturated heterocycles. The molecule has 2 aliphatic carbocycles. The third-order valence-electron chi connectivity index (χ3n) is 9.52. The maximum atomic E-state index is 12.6. The van der Waals surface area contributed by atoms with Crippen molar-refractivity contribution in [3.63, 3.8) is 0 Å². The first kappa shape index (κ1) is 25.9. The monoisotopic (exact) mass is 556 g/mol. The minimum Gasteiger partial charge on any atom is -0.395 e. The van der Waals surface area contributed by atoms with Crippen LogP contribution in [0.4, 0.5) is 0 Å². The molecule has 3 heterocycles. The van der Waals surface area contributed by atoms with Gasteiger partial charge in [-0.25, -0.2) is 13.4 Å². The molecule has 2 N–H and O–H groups in total. The van der Waals surface area contributed by atoms with Crippen LogP contribution in [0.15, 0.2) is 59.6 Å². The standard InChI is InChI=1S/C32H36N4O3S/c1-32(36-16-2-3-26(36)20-37)14-12-21-4-5-23(17-24(21)13-15-32)25-18-29-30(34-35-31(29)33-19-25)22-6-8-27(9-7-22)40(38,39)28-10-11-28/h4-9,17-19,26,28,37H,2-3,10-16,20H2,1H3,(H,33,34,35)/t26-,32?/m1/s1. The van der Waals surface area contributed by atoms with Crippen LogP contribution in [0.25, 0.3) is 33.4 Å². The predicted molar refractivity (Wildman–Crippen MR) is 157 cm³/mol. The summed E-state index contributed by atoms with van der Waals surface area (Å²) in [6.45, 7) is 3.73. The van der Waals surface area contributed by atoms with E-state index >= 15 is 0 Å². The number of aryl methyl sites for hydroxylation is 2.